The van der Waals surface area contributed by atoms with Crippen LogP contribution in [0, 0.1) is 5.92 Å². The van der Waals surface area contributed by atoms with Crippen LogP contribution >= 0.6 is 0 Å². The van der Waals surface area contributed by atoms with E-state index in [0.29, 0.717) is 12.5 Å². The maximum Gasteiger partial charge on any atom is 0.0459 e. The van der Waals surface area contributed by atoms with Crippen molar-refractivity contribution in [1.82, 2.24) is 0 Å². The molecule has 0 bridgehead atoms. The van der Waals surface area contributed by atoms with Crippen LogP contribution in [0.1, 0.15) is 32.1 Å². The zero-order chi connectivity index (χ0) is 7.82. The zero-order valence-corrected chi connectivity index (χ0v) is 9.27. The van der Waals surface area contributed by atoms with Crippen molar-refractivity contribution in [3.8, 4) is 0 Å². The molecule has 0 aromatic rings. The second-order valence-corrected chi connectivity index (χ2v) is 2.69. The average Bonchev–Trinajstić information content (AvgIpc) is 2.10. The SMILES string of the molecule is C[SiH3].OCC1CCCCC1. The van der Waals surface area contributed by atoms with Crippen molar-refractivity contribution in [1.29, 1.82) is 0 Å². The first-order valence-electron chi connectivity index (χ1n) is 4.54. The molecule has 1 saturated carbocycles. The summed E-state index contributed by atoms with van der Waals surface area (Å²) in [5.41, 5.74) is 0. The van der Waals surface area contributed by atoms with Crippen LogP contribution in [0.3, 0.4) is 0 Å². The third kappa shape index (κ3) is 4.07. The largest absolute Gasteiger partial charge is 0.396 e. The number of aliphatic hydroxyl groups excluding tert-OH is 1. The molecule has 0 saturated heterocycles. The Morgan fingerprint density at radius 2 is 1.70 bits per heavy atom. The van der Waals surface area contributed by atoms with Gasteiger partial charge >= 0.3 is 0 Å². The molecule has 2 heteroatoms. The van der Waals surface area contributed by atoms with Crippen LogP contribution in [-0.2, 0) is 0 Å². The minimum absolute atomic E-state index is 0.417. The van der Waals surface area contributed by atoms with E-state index in [9.17, 15) is 0 Å². The van der Waals surface area contributed by atoms with Gasteiger partial charge in [-0.2, -0.15) is 0 Å². The first-order valence-corrected chi connectivity index (χ1v) is 6.54. The van der Waals surface area contributed by atoms with E-state index in [4.69, 9.17) is 5.11 Å². The highest BCUT2D eigenvalue weighted by Crippen LogP contribution is 2.22. The van der Waals surface area contributed by atoms with Gasteiger partial charge in [0.25, 0.3) is 0 Å². The van der Waals surface area contributed by atoms with Crippen LogP contribution in [0.2, 0.25) is 6.55 Å². The third-order valence-corrected chi connectivity index (χ3v) is 1.98. The summed E-state index contributed by atoms with van der Waals surface area (Å²) in [6.45, 7) is 2.56. The molecular formula is C8H20OSi. The van der Waals surface area contributed by atoms with Crippen LogP contribution in [-0.4, -0.2) is 22.0 Å². The quantitative estimate of drug-likeness (QED) is 0.567. The lowest BCUT2D eigenvalue weighted by Gasteiger charge is -2.18. The minimum atomic E-state index is 0.417. The number of rotatable bonds is 1. The molecule has 1 N–H and O–H groups in total. The molecule has 1 aliphatic rings. The molecule has 0 amide bonds. The molecule has 0 unspecified atom stereocenters. The fourth-order valence-corrected chi connectivity index (χ4v) is 1.37. The first-order chi connectivity index (χ1) is 4.93. The van der Waals surface area contributed by atoms with Crippen molar-refractivity contribution >= 4 is 10.2 Å². The van der Waals surface area contributed by atoms with Crippen molar-refractivity contribution in [2.45, 2.75) is 38.7 Å². The Hall–Kier alpha value is 0.177. The summed E-state index contributed by atoms with van der Waals surface area (Å²) in [5, 5.41) is 8.69. The summed E-state index contributed by atoms with van der Waals surface area (Å²) in [6.07, 6.45) is 6.58. The van der Waals surface area contributed by atoms with Gasteiger partial charge < -0.3 is 5.11 Å². The monoisotopic (exact) mass is 160 g/mol. The van der Waals surface area contributed by atoms with Gasteiger partial charge in [0, 0.05) is 6.61 Å². The normalized spacial score (nSPS) is 19.8. The Morgan fingerprint density at radius 1 is 1.20 bits per heavy atom. The van der Waals surface area contributed by atoms with Crippen LogP contribution in [0.5, 0.6) is 0 Å². The van der Waals surface area contributed by atoms with Gasteiger partial charge in [-0.25, -0.2) is 0 Å². The summed E-state index contributed by atoms with van der Waals surface area (Å²) in [4.78, 5) is 0. The van der Waals surface area contributed by atoms with Gasteiger partial charge in [0.2, 0.25) is 0 Å². The lowest BCUT2D eigenvalue weighted by Crippen LogP contribution is -2.09. The number of aliphatic hydroxyl groups is 1. The highest BCUT2D eigenvalue weighted by Gasteiger charge is 2.10. The standard InChI is InChI=1S/C7H14O.CH6Si/c8-6-7-4-2-1-3-5-7;1-2/h7-8H,1-6H2;1-2H3. The highest BCUT2D eigenvalue weighted by atomic mass is 28.1. The predicted molar refractivity (Wildman–Crippen MR) is 49.5 cm³/mol. The Kier molecular flexibility index (Phi) is 7.41. The van der Waals surface area contributed by atoms with E-state index in [0.717, 1.165) is 0 Å². The van der Waals surface area contributed by atoms with Crippen LogP contribution < -0.4 is 0 Å². The molecule has 0 aromatic heterocycles. The molecule has 0 radical (unpaired) electrons. The Morgan fingerprint density at radius 3 is 2.00 bits per heavy atom. The van der Waals surface area contributed by atoms with Crippen molar-refractivity contribution in [3.63, 3.8) is 0 Å². The first kappa shape index (κ1) is 10.2. The molecule has 0 heterocycles. The fourth-order valence-electron chi connectivity index (χ4n) is 1.37. The van der Waals surface area contributed by atoms with E-state index < -0.39 is 0 Å². The summed E-state index contributed by atoms with van der Waals surface area (Å²) < 4.78 is 0. The molecular weight excluding hydrogens is 140 g/mol. The molecule has 1 nitrogen and oxygen atoms in total. The highest BCUT2D eigenvalue weighted by molar-refractivity contribution is 6.05. The summed E-state index contributed by atoms with van der Waals surface area (Å²) in [6, 6.07) is 0. The minimum Gasteiger partial charge on any atom is -0.396 e. The second kappa shape index (κ2) is 7.29. The van der Waals surface area contributed by atoms with E-state index >= 15 is 0 Å². The van der Waals surface area contributed by atoms with Gasteiger partial charge in [-0.3, -0.25) is 0 Å². The molecule has 0 aliphatic heterocycles. The van der Waals surface area contributed by atoms with Crippen molar-refractivity contribution in [2.24, 2.45) is 5.92 Å². The van der Waals surface area contributed by atoms with Crippen molar-refractivity contribution in [2.75, 3.05) is 6.61 Å². The van der Waals surface area contributed by atoms with Crippen molar-refractivity contribution < 1.29 is 5.11 Å². The Balaban J connectivity index is 0.000000371. The van der Waals surface area contributed by atoms with Gasteiger partial charge in [0.1, 0.15) is 0 Å². The van der Waals surface area contributed by atoms with E-state index in [1.54, 1.807) is 0 Å². The van der Waals surface area contributed by atoms with Crippen LogP contribution in [0.15, 0.2) is 0 Å². The van der Waals surface area contributed by atoms with E-state index in [1.807, 2.05) is 0 Å². The summed E-state index contributed by atoms with van der Waals surface area (Å²) in [5.74, 6) is 0.642. The maximum absolute atomic E-state index is 8.69. The molecule has 1 rings (SSSR count). The van der Waals surface area contributed by atoms with E-state index in [1.165, 1.54) is 42.3 Å². The van der Waals surface area contributed by atoms with Gasteiger partial charge in [-0.1, -0.05) is 25.8 Å². The Bertz CT molecular complexity index is 60.3. The molecule has 0 spiro atoms. The van der Waals surface area contributed by atoms with E-state index in [2.05, 4.69) is 6.55 Å². The maximum atomic E-state index is 8.69. The lowest BCUT2D eigenvalue weighted by atomic mass is 9.90. The van der Waals surface area contributed by atoms with Gasteiger partial charge in [-0.05, 0) is 29.0 Å². The van der Waals surface area contributed by atoms with Crippen LogP contribution in [0.4, 0.5) is 0 Å². The molecule has 0 atom stereocenters. The number of hydrogen-bond donors (Lipinski definition) is 1. The van der Waals surface area contributed by atoms with Crippen LogP contribution in [0.25, 0.3) is 0 Å². The van der Waals surface area contributed by atoms with Crippen molar-refractivity contribution in [3.05, 3.63) is 0 Å². The molecule has 1 aliphatic carbocycles. The smallest absolute Gasteiger partial charge is 0.0459 e. The second-order valence-electron chi connectivity index (χ2n) is 2.69. The molecule has 10 heavy (non-hydrogen) atoms. The van der Waals surface area contributed by atoms with Gasteiger partial charge in [0.05, 0.1) is 0 Å². The third-order valence-electron chi connectivity index (χ3n) is 1.98. The molecule has 62 valence electrons. The van der Waals surface area contributed by atoms with E-state index in [-0.39, 0.29) is 0 Å². The fraction of sp³-hybridized carbons (Fsp3) is 1.00. The predicted octanol–water partition coefficient (Wildman–Crippen LogP) is 0.959. The van der Waals surface area contributed by atoms with Gasteiger partial charge in [-0.15, -0.1) is 0 Å². The molecule has 1 fully saturated rings. The topological polar surface area (TPSA) is 20.2 Å². The van der Waals surface area contributed by atoms with Gasteiger partial charge in [0.15, 0.2) is 0 Å². The Labute approximate surface area is 67.3 Å². The molecule has 0 aromatic carbocycles. The number of hydrogen-bond acceptors (Lipinski definition) is 1. The summed E-state index contributed by atoms with van der Waals surface area (Å²) in [7, 11) is 1.31. The zero-order valence-electron chi connectivity index (χ0n) is 7.27. The average molecular weight is 160 g/mol. The summed E-state index contributed by atoms with van der Waals surface area (Å²) >= 11 is 0. The lowest BCUT2D eigenvalue weighted by molar-refractivity contribution is 0.190.